The maximum atomic E-state index is 14.6. The molecule has 4 nitrogen and oxygen atoms in total. The lowest BCUT2D eigenvalue weighted by molar-refractivity contribution is -0.130. The number of aliphatic hydroxyl groups excluding tert-OH is 1. The van der Waals surface area contributed by atoms with E-state index in [1.165, 1.54) is 0 Å². The molecule has 2 unspecified atom stereocenters. The van der Waals surface area contributed by atoms with Gasteiger partial charge in [0, 0.05) is 24.6 Å². The van der Waals surface area contributed by atoms with E-state index in [0.717, 1.165) is 0 Å². The lowest BCUT2D eigenvalue weighted by atomic mass is 9.88. The second-order valence-corrected chi connectivity index (χ2v) is 6.96. The standard InChI is InChI=1S/C22H24FNO3/c23-20(15-19(25)22(27)17-9-5-2-6-10-17)24-13-11-18(12-14-24)21(26)16-7-3-1-4-8-16/h1-10,18,20,22,27H,11-15H2. The highest BCUT2D eigenvalue weighted by molar-refractivity contribution is 5.97. The molecular formula is C22H24FNO3. The predicted octanol–water partition coefficient (Wildman–Crippen LogP) is 3.57. The minimum atomic E-state index is -1.44. The minimum Gasteiger partial charge on any atom is -0.381 e. The average Bonchev–Trinajstić information content (AvgIpc) is 2.74. The fourth-order valence-electron chi connectivity index (χ4n) is 3.51. The zero-order chi connectivity index (χ0) is 19.2. The van der Waals surface area contributed by atoms with Crippen LogP contribution in [0.1, 0.15) is 41.3 Å². The molecule has 0 saturated carbocycles. The Morgan fingerprint density at radius 3 is 2.15 bits per heavy atom. The summed E-state index contributed by atoms with van der Waals surface area (Å²) >= 11 is 0. The number of Topliss-reactive ketones (excluding diaryl/α,β-unsaturated/α-hetero) is 2. The number of carbonyl (C=O) groups is 2. The Kier molecular flexibility index (Phi) is 6.48. The third-order valence-corrected chi connectivity index (χ3v) is 5.14. The van der Waals surface area contributed by atoms with Gasteiger partial charge >= 0.3 is 0 Å². The van der Waals surface area contributed by atoms with Crippen LogP contribution < -0.4 is 0 Å². The molecule has 3 rings (SSSR count). The van der Waals surface area contributed by atoms with Crippen LogP contribution in [0.15, 0.2) is 60.7 Å². The van der Waals surface area contributed by atoms with Crippen molar-refractivity contribution in [3.8, 4) is 0 Å². The van der Waals surface area contributed by atoms with Gasteiger partial charge in [-0.2, -0.15) is 0 Å². The zero-order valence-electron chi connectivity index (χ0n) is 15.1. The van der Waals surface area contributed by atoms with E-state index >= 15 is 0 Å². The number of carbonyl (C=O) groups excluding carboxylic acids is 2. The number of ketones is 2. The number of alkyl halides is 1. The van der Waals surface area contributed by atoms with Crippen molar-refractivity contribution in [2.75, 3.05) is 13.1 Å². The van der Waals surface area contributed by atoms with Gasteiger partial charge in [0.05, 0.1) is 6.42 Å². The summed E-state index contributed by atoms with van der Waals surface area (Å²) in [6.45, 7) is 0.859. The van der Waals surface area contributed by atoms with Crippen molar-refractivity contribution in [3.63, 3.8) is 0 Å². The molecule has 1 N–H and O–H groups in total. The van der Waals surface area contributed by atoms with E-state index in [-0.39, 0.29) is 18.1 Å². The van der Waals surface area contributed by atoms with Crippen LogP contribution in [-0.4, -0.2) is 41.0 Å². The summed E-state index contributed by atoms with van der Waals surface area (Å²) in [7, 11) is 0. The van der Waals surface area contributed by atoms with Crippen LogP contribution in [-0.2, 0) is 4.79 Å². The largest absolute Gasteiger partial charge is 0.381 e. The van der Waals surface area contributed by atoms with Gasteiger partial charge in [0.15, 0.2) is 17.9 Å². The molecule has 1 saturated heterocycles. The van der Waals surface area contributed by atoms with Crippen molar-refractivity contribution in [2.24, 2.45) is 5.92 Å². The normalized spacial score (nSPS) is 18.0. The molecule has 1 aliphatic rings. The summed E-state index contributed by atoms with van der Waals surface area (Å²) in [6, 6.07) is 17.7. The molecule has 27 heavy (non-hydrogen) atoms. The second-order valence-electron chi connectivity index (χ2n) is 6.96. The van der Waals surface area contributed by atoms with E-state index in [9.17, 15) is 19.1 Å². The zero-order valence-corrected chi connectivity index (χ0v) is 15.1. The van der Waals surface area contributed by atoms with E-state index in [4.69, 9.17) is 0 Å². The van der Waals surface area contributed by atoms with Gasteiger partial charge in [-0.05, 0) is 18.4 Å². The summed E-state index contributed by atoms with van der Waals surface area (Å²) in [6.07, 6.45) is -1.95. The average molecular weight is 369 g/mol. The summed E-state index contributed by atoms with van der Waals surface area (Å²) in [5, 5.41) is 10.1. The highest BCUT2D eigenvalue weighted by Gasteiger charge is 2.31. The molecule has 2 atom stereocenters. The topological polar surface area (TPSA) is 57.6 Å². The Labute approximate surface area is 158 Å². The first-order valence-corrected chi connectivity index (χ1v) is 9.29. The molecule has 2 aromatic rings. The molecule has 0 bridgehead atoms. The van der Waals surface area contributed by atoms with Gasteiger partial charge in [-0.3, -0.25) is 14.5 Å². The van der Waals surface area contributed by atoms with Gasteiger partial charge in [-0.25, -0.2) is 4.39 Å². The van der Waals surface area contributed by atoms with Crippen LogP contribution in [0.3, 0.4) is 0 Å². The van der Waals surface area contributed by atoms with Crippen molar-refractivity contribution in [1.29, 1.82) is 0 Å². The number of likely N-dealkylation sites (tertiary alicyclic amines) is 1. The van der Waals surface area contributed by atoms with E-state index < -0.39 is 18.2 Å². The lowest BCUT2D eigenvalue weighted by Crippen LogP contribution is -2.42. The number of aliphatic hydroxyl groups is 1. The SMILES string of the molecule is O=C(c1ccccc1)C1CCN(C(F)CC(=O)C(O)c2ccccc2)CC1. The Morgan fingerprint density at radius 1 is 1.00 bits per heavy atom. The number of piperidine rings is 1. The first-order valence-electron chi connectivity index (χ1n) is 9.29. The third-order valence-electron chi connectivity index (χ3n) is 5.14. The molecule has 2 aromatic carbocycles. The number of hydrogen-bond donors (Lipinski definition) is 1. The van der Waals surface area contributed by atoms with Crippen LogP contribution >= 0.6 is 0 Å². The van der Waals surface area contributed by atoms with Crippen LogP contribution in [0, 0.1) is 5.92 Å². The Balaban J connectivity index is 1.50. The first-order chi connectivity index (χ1) is 13.1. The fraction of sp³-hybridized carbons (Fsp3) is 0.364. The third kappa shape index (κ3) is 4.87. The predicted molar refractivity (Wildman–Crippen MR) is 101 cm³/mol. The van der Waals surface area contributed by atoms with Crippen molar-refractivity contribution in [3.05, 3.63) is 71.8 Å². The quantitative estimate of drug-likeness (QED) is 0.599. The van der Waals surface area contributed by atoms with Crippen LogP contribution in [0.25, 0.3) is 0 Å². The van der Waals surface area contributed by atoms with Gasteiger partial charge in [0.1, 0.15) is 6.10 Å². The van der Waals surface area contributed by atoms with Crippen LogP contribution in [0.2, 0.25) is 0 Å². The monoisotopic (exact) mass is 369 g/mol. The van der Waals surface area contributed by atoms with Crippen molar-refractivity contribution in [2.45, 2.75) is 31.7 Å². The molecule has 0 radical (unpaired) electrons. The van der Waals surface area contributed by atoms with Crippen molar-refractivity contribution in [1.82, 2.24) is 4.90 Å². The van der Waals surface area contributed by atoms with Gasteiger partial charge in [-0.1, -0.05) is 60.7 Å². The van der Waals surface area contributed by atoms with Gasteiger partial charge < -0.3 is 5.11 Å². The molecule has 0 amide bonds. The number of halogens is 1. The molecule has 0 spiro atoms. The highest BCUT2D eigenvalue weighted by atomic mass is 19.1. The van der Waals surface area contributed by atoms with Gasteiger partial charge in [-0.15, -0.1) is 0 Å². The Bertz CT molecular complexity index is 758. The Hall–Kier alpha value is -2.37. The smallest absolute Gasteiger partial charge is 0.170 e. The molecule has 142 valence electrons. The highest BCUT2D eigenvalue weighted by Crippen LogP contribution is 2.25. The van der Waals surface area contributed by atoms with E-state index in [2.05, 4.69) is 0 Å². The molecule has 1 fully saturated rings. The first kappa shape index (κ1) is 19.4. The molecular weight excluding hydrogens is 345 g/mol. The maximum absolute atomic E-state index is 14.6. The molecule has 0 aliphatic carbocycles. The maximum Gasteiger partial charge on any atom is 0.170 e. The summed E-state index contributed by atoms with van der Waals surface area (Å²) < 4.78 is 14.6. The van der Waals surface area contributed by atoms with E-state index in [1.807, 2.05) is 18.2 Å². The summed E-state index contributed by atoms with van der Waals surface area (Å²) in [5.74, 6) is -0.543. The lowest BCUT2D eigenvalue weighted by Gasteiger charge is -2.33. The second kappa shape index (κ2) is 9.02. The Morgan fingerprint density at radius 2 is 1.56 bits per heavy atom. The van der Waals surface area contributed by atoms with Crippen LogP contribution in [0.4, 0.5) is 4.39 Å². The van der Waals surface area contributed by atoms with E-state index in [1.54, 1.807) is 47.4 Å². The summed E-state index contributed by atoms with van der Waals surface area (Å²) in [4.78, 5) is 26.3. The van der Waals surface area contributed by atoms with E-state index in [0.29, 0.717) is 37.1 Å². The molecule has 0 aromatic heterocycles. The van der Waals surface area contributed by atoms with Crippen molar-refractivity contribution < 1.29 is 19.1 Å². The molecule has 1 aliphatic heterocycles. The number of benzene rings is 2. The molecule has 5 heteroatoms. The number of rotatable bonds is 7. The van der Waals surface area contributed by atoms with Gasteiger partial charge in [0.25, 0.3) is 0 Å². The number of hydrogen-bond acceptors (Lipinski definition) is 4. The van der Waals surface area contributed by atoms with Gasteiger partial charge in [0.2, 0.25) is 0 Å². The van der Waals surface area contributed by atoms with Crippen LogP contribution in [0.5, 0.6) is 0 Å². The molecule has 1 heterocycles. The minimum absolute atomic E-state index is 0.0984. The van der Waals surface area contributed by atoms with Crippen molar-refractivity contribution >= 4 is 11.6 Å². The number of nitrogens with zero attached hydrogens (tertiary/aromatic N) is 1. The summed E-state index contributed by atoms with van der Waals surface area (Å²) in [5.41, 5.74) is 1.16. The fourth-order valence-corrected chi connectivity index (χ4v) is 3.51.